The molecule has 0 bridgehead atoms. The molecule has 2 N–H and O–H groups in total. The number of hydrogen-bond acceptors (Lipinski definition) is 5. The van der Waals surface area contributed by atoms with Crippen LogP contribution in [-0.4, -0.2) is 52.5 Å². The van der Waals surface area contributed by atoms with Crippen LogP contribution in [0.3, 0.4) is 0 Å². The Balaban J connectivity index is 0.00000253. The van der Waals surface area contributed by atoms with Gasteiger partial charge in [-0.2, -0.15) is 13.2 Å². The summed E-state index contributed by atoms with van der Waals surface area (Å²) < 4.78 is 39.3. The van der Waals surface area contributed by atoms with Crippen LogP contribution in [0.15, 0.2) is 60.8 Å². The Morgan fingerprint density at radius 1 is 0.977 bits per heavy atom. The fraction of sp³-hybridized carbons (Fsp3) is 0.387. The molecule has 3 aromatic rings. The third-order valence-corrected chi connectivity index (χ3v) is 8.16. The van der Waals surface area contributed by atoms with Gasteiger partial charge in [0.1, 0.15) is 5.82 Å². The molecule has 7 nitrogen and oxygen atoms in total. The predicted octanol–water partition coefficient (Wildman–Crippen LogP) is 7.15. The van der Waals surface area contributed by atoms with Gasteiger partial charge in [0.05, 0.1) is 11.5 Å². The highest BCUT2D eigenvalue weighted by molar-refractivity contribution is 6.04. The Morgan fingerprint density at radius 3 is 2.19 bits per heavy atom. The van der Waals surface area contributed by atoms with Crippen LogP contribution in [0.5, 0.6) is 0 Å². The fourth-order valence-electron chi connectivity index (χ4n) is 5.64. The quantitative estimate of drug-likeness (QED) is 0.286. The van der Waals surface area contributed by atoms with E-state index in [-0.39, 0.29) is 36.6 Å². The number of anilines is 2. The highest BCUT2D eigenvalue weighted by Crippen LogP contribution is 2.33. The second-order valence-corrected chi connectivity index (χ2v) is 10.9. The summed E-state index contributed by atoms with van der Waals surface area (Å²) in [4.78, 5) is 33.2. The molecule has 0 unspecified atom stereocenters. The number of carboxylic acid groups (broad SMARTS) is 1. The number of piperidine rings is 1. The zero-order chi connectivity index (χ0) is 29.1. The number of hydrogen-bond donors (Lipinski definition) is 2. The molecule has 1 aromatic heterocycles. The third-order valence-electron chi connectivity index (χ3n) is 8.16. The van der Waals surface area contributed by atoms with E-state index in [0.29, 0.717) is 55.5 Å². The van der Waals surface area contributed by atoms with E-state index in [1.165, 1.54) is 12.1 Å². The summed E-state index contributed by atoms with van der Waals surface area (Å²) in [6, 6.07) is 14.4. The van der Waals surface area contributed by atoms with Crippen molar-refractivity contribution in [3.63, 3.8) is 0 Å². The van der Waals surface area contributed by atoms with Crippen molar-refractivity contribution in [2.75, 3.05) is 29.9 Å². The summed E-state index contributed by atoms with van der Waals surface area (Å²) in [5.74, 6) is -1.02. The number of alkyl halides is 3. The molecule has 1 amide bonds. The van der Waals surface area contributed by atoms with Crippen LogP contribution in [-0.2, 0) is 17.5 Å². The van der Waals surface area contributed by atoms with Gasteiger partial charge in [-0.05, 0) is 92.7 Å². The molecule has 0 aliphatic carbocycles. The number of aromatic nitrogens is 1. The number of amides is 1. The predicted molar refractivity (Wildman–Crippen MR) is 165 cm³/mol. The Labute approximate surface area is 261 Å². The van der Waals surface area contributed by atoms with Crippen molar-refractivity contribution in [3.05, 3.63) is 77.5 Å². The lowest BCUT2D eigenvalue weighted by molar-refractivity contribution is -0.142. The molecule has 5 rings (SSSR count). The lowest BCUT2D eigenvalue weighted by atomic mass is 9.96. The first kappa shape index (κ1) is 34.2. The molecule has 0 saturated carbocycles. The number of carbonyl (C=O) groups excluding carboxylic acids is 1. The normalized spacial score (nSPS) is 17.6. The zero-order valence-electron chi connectivity index (χ0n) is 23.6. The monoisotopic (exact) mass is 638 g/mol. The summed E-state index contributed by atoms with van der Waals surface area (Å²) in [5, 5.41) is 12.1. The second-order valence-electron chi connectivity index (χ2n) is 10.9. The third kappa shape index (κ3) is 8.19. The Kier molecular flexibility index (Phi) is 11.5. The van der Waals surface area contributed by atoms with Crippen LogP contribution in [0.1, 0.15) is 54.1 Å². The van der Waals surface area contributed by atoms with E-state index in [4.69, 9.17) is 0 Å². The van der Waals surface area contributed by atoms with Crippen LogP contribution in [0, 0.1) is 5.92 Å². The maximum atomic E-state index is 13.1. The van der Waals surface area contributed by atoms with E-state index in [2.05, 4.69) is 27.0 Å². The lowest BCUT2D eigenvalue weighted by Crippen LogP contribution is -2.36. The number of aliphatic carboxylic acids is 1. The van der Waals surface area contributed by atoms with Crippen LogP contribution in [0.25, 0.3) is 11.1 Å². The molecule has 12 heteroatoms. The van der Waals surface area contributed by atoms with Crippen molar-refractivity contribution in [2.45, 2.75) is 51.4 Å². The molecule has 0 radical (unpaired) electrons. The van der Waals surface area contributed by atoms with E-state index >= 15 is 0 Å². The summed E-state index contributed by atoms with van der Waals surface area (Å²) in [6.07, 6.45) is 0.539. The van der Waals surface area contributed by atoms with Gasteiger partial charge in [0.15, 0.2) is 0 Å². The van der Waals surface area contributed by atoms with E-state index in [1.54, 1.807) is 24.4 Å². The lowest BCUT2D eigenvalue weighted by Gasteiger charge is -2.32. The molecule has 2 fully saturated rings. The molecule has 0 spiro atoms. The number of pyridine rings is 1. The highest BCUT2D eigenvalue weighted by atomic mass is 35.5. The molecule has 2 aliphatic heterocycles. The number of carbonyl (C=O) groups is 2. The van der Waals surface area contributed by atoms with Crippen molar-refractivity contribution >= 4 is 48.2 Å². The minimum atomic E-state index is -4.41. The van der Waals surface area contributed by atoms with E-state index in [9.17, 15) is 27.9 Å². The smallest absolute Gasteiger partial charge is 0.416 e. The molecule has 3 heterocycles. The number of rotatable bonds is 7. The van der Waals surface area contributed by atoms with Crippen LogP contribution in [0.4, 0.5) is 24.7 Å². The summed E-state index contributed by atoms with van der Waals surface area (Å²) in [6.45, 7) is 4.98. The van der Waals surface area contributed by atoms with Crippen LogP contribution in [0.2, 0.25) is 0 Å². The summed E-state index contributed by atoms with van der Waals surface area (Å²) in [7, 11) is 0. The van der Waals surface area contributed by atoms with Crippen molar-refractivity contribution in [2.24, 2.45) is 5.92 Å². The van der Waals surface area contributed by atoms with E-state index in [1.807, 2.05) is 12.1 Å². The summed E-state index contributed by atoms with van der Waals surface area (Å²) >= 11 is 0. The molecule has 2 saturated heterocycles. The maximum absolute atomic E-state index is 13.1. The van der Waals surface area contributed by atoms with Gasteiger partial charge in [0, 0.05) is 48.7 Å². The molecular weight excluding hydrogens is 604 g/mol. The van der Waals surface area contributed by atoms with Crippen molar-refractivity contribution in [1.29, 1.82) is 0 Å². The number of nitrogens with zero attached hydrogens (tertiary/aromatic N) is 3. The average Bonchev–Trinajstić information content (AvgIpc) is 3.37. The van der Waals surface area contributed by atoms with Gasteiger partial charge < -0.3 is 15.3 Å². The first-order chi connectivity index (χ1) is 19.6. The first-order valence-corrected chi connectivity index (χ1v) is 13.9. The SMILES string of the molecule is C[C@@H]1CCCN1Cc1cc(NC(=O)c2ccc(N3CCC(C(=O)O)CC3)cc2)ncc1-c1ccc(C(F)(F)F)cc1.Cl.Cl. The molecule has 2 aliphatic rings. The number of benzene rings is 2. The minimum absolute atomic E-state index is 0. The van der Waals surface area contributed by atoms with Gasteiger partial charge in [0.25, 0.3) is 5.91 Å². The standard InChI is InChI=1S/C31H33F3N4O3.2ClH/c1-20-3-2-14-38(20)19-24-17-28(35-18-27(24)21-4-8-25(9-5-21)31(32,33)34)36-29(39)22-6-10-26(11-7-22)37-15-12-23(13-16-37)30(40)41;;/h4-11,17-18,20,23H,2-3,12-16,19H2,1H3,(H,40,41)(H,35,36,39);2*1H/t20-;;/m1../s1. The topological polar surface area (TPSA) is 85.8 Å². The number of halogens is 5. The van der Waals surface area contributed by atoms with Gasteiger partial charge in [-0.15, -0.1) is 24.8 Å². The fourth-order valence-corrected chi connectivity index (χ4v) is 5.64. The molecule has 1 atom stereocenters. The second kappa shape index (κ2) is 14.4. The van der Waals surface area contributed by atoms with Gasteiger partial charge in [-0.1, -0.05) is 12.1 Å². The van der Waals surface area contributed by atoms with Crippen molar-refractivity contribution in [3.8, 4) is 11.1 Å². The van der Waals surface area contributed by atoms with Gasteiger partial charge in [0.2, 0.25) is 0 Å². The molecule has 232 valence electrons. The zero-order valence-corrected chi connectivity index (χ0v) is 25.3. The van der Waals surface area contributed by atoms with Crippen molar-refractivity contribution in [1.82, 2.24) is 9.88 Å². The van der Waals surface area contributed by atoms with Gasteiger partial charge >= 0.3 is 12.1 Å². The highest BCUT2D eigenvalue weighted by Gasteiger charge is 2.30. The number of carboxylic acids is 1. The van der Waals surface area contributed by atoms with Crippen LogP contribution >= 0.6 is 24.8 Å². The van der Waals surface area contributed by atoms with Crippen molar-refractivity contribution < 1.29 is 27.9 Å². The van der Waals surface area contributed by atoms with E-state index < -0.39 is 17.7 Å². The molecule has 43 heavy (non-hydrogen) atoms. The largest absolute Gasteiger partial charge is 0.481 e. The van der Waals surface area contributed by atoms with Gasteiger partial charge in [-0.3, -0.25) is 14.5 Å². The average molecular weight is 640 g/mol. The minimum Gasteiger partial charge on any atom is -0.481 e. The maximum Gasteiger partial charge on any atom is 0.416 e. The summed E-state index contributed by atoms with van der Waals surface area (Å²) in [5.41, 5.74) is 2.93. The number of nitrogens with one attached hydrogen (secondary N) is 1. The Morgan fingerprint density at radius 2 is 1.63 bits per heavy atom. The molecule has 2 aromatic carbocycles. The number of likely N-dealkylation sites (tertiary alicyclic amines) is 1. The van der Waals surface area contributed by atoms with Crippen LogP contribution < -0.4 is 10.2 Å². The Bertz CT molecular complexity index is 1400. The van der Waals surface area contributed by atoms with Gasteiger partial charge in [-0.25, -0.2) is 4.98 Å². The first-order valence-electron chi connectivity index (χ1n) is 13.9. The Hall–Kier alpha value is -3.34. The molecular formula is C31H35Cl2F3N4O3. The van der Waals surface area contributed by atoms with E-state index in [0.717, 1.165) is 48.3 Å².